The Morgan fingerprint density at radius 2 is 1.10 bits per heavy atom. The average Bonchev–Trinajstić information content (AvgIpc) is 3.28. The van der Waals surface area contributed by atoms with Gasteiger partial charge in [0.1, 0.15) is 0 Å². The summed E-state index contributed by atoms with van der Waals surface area (Å²) < 4.78 is 5.69. The first-order chi connectivity index (χ1) is 14.3. The van der Waals surface area contributed by atoms with Gasteiger partial charge in [-0.3, -0.25) is 0 Å². The molecule has 0 bridgehead atoms. The summed E-state index contributed by atoms with van der Waals surface area (Å²) in [4.78, 5) is 0. The van der Waals surface area contributed by atoms with Crippen molar-refractivity contribution in [2.45, 2.75) is 80.7 Å². The van der Waals surface area contributed by atoms with Crippen molar-refractivity contribution in [2.24, 2.45) is 35.5 Å². The molecular weight excluding hydrogens is 428 g/mol. The molecule has 29 heavy (non-hydrogen) atoms. The van der Waals surface area contributed by atoms with Gasteiger partial charge in [0, 0.05) is 0 Å². The molecule has 0 radical (unpaired) electrons. The first kappa shape index (κ1) is 20.7. The predicted octanol–water partition coefficient (Wildman–Crippen LogP) is 8.70. The summed E-state index contributed by atoms with van der Waals surface area (Å²) in [7, 11) is 0. The van der Waals surface area contributed by atoms with E-state index in [1.165, 1.54) is 38.5 Å². The molecule has 8 atom stereocenters. The van der Waals surface area contributed by atoms with E-state index in [-0.39, 0.29) is 0 Å². The zero-order valence-corrected chi connectivity index (χ0v) is 21.3. The zero-order chi connectivity index (χ0) is 19.8. The van der Waals surface area contributed by atoms with E-state index in [0.29, 0.717) is 0 Å². The number of rotatable bonds is 6. The van der Waals surface area contributed by atoms with E-state index in [2.05, 4.69) is 62.5 Å². The van der Waals surface area contributed by atoms with E-state index in [1.54, 1.807) is 21.1 Å². The van der Waals surface area contributed by atoms with Crippen molar-refractivity contribution in [1.82, 2.24) is 0 Å². The number of fused-ring (bicyclic) bond motifs is 6. The van der Waals surface area contributed by atoms with E-state index in [4.69, 9.17) is 0 Å². The molecule has 2 saturated carbocycles. The van der Waals surface area contributed by atoms with E-state index in [9.17, 15) is 0 Å². The summed E-state index contributed by atoms with van der Waals surface area (Å²) >= 11 is -2.44. The summed E-state index contributed by atoms with van der Waals surface area (Å²) in [5.41, 5.74) is 0. The predicted molar refractivity (Wildman–Crippen MR) is 123 cm³/mol. The standard InChI is InChI=1S/C20H24.2C4H9.Zr/c1-2-6-18-12-15(11-17(18)5-1)9-10-16-13-19-7-3-4-8-20(19)14-16;2*1-3-4-2;/h1-8,11,13,15-20H,9-10,12,14H2;2*1,3-4H2,2H3;. The van der Waals surface area contributed by atoms with E-state index < -0.39 is 20.3 Å². The molecule has 4 aliphatic carbocycles. The van der Waals surface area contributed by atoms with Gasteiger partial charge in [-0.05, 0) is 0 Å². The summed E-state index contributed by atoms with van der Waals surface area (Å²) in [5, 5.41) is 0. The number of allylic oxidation sites excluding steroid dienone is 8. The second-order valence-electron chi connectivity index (χ2n) is 11.1. The third kappa shape index (κ3) is 3.50. The van der Waals surface area contributed by atoms with Gasteiger partial charge in [-0.15, -0.1) is 0 Å². The average molecular weight is 470 g/mol. The fraction of sp³-hybridized carbons (Fsp3) is 0.714. The third-order valence-corrected chi connectivity index (χ3v) is 26.9. The van der Waals surface area contributed by atoms with Crippen molar-refractivity contribution in [3.63, 3.8) is 0 Å². The Bertz CT molecular complexity index is 637. The van der Waals surface area contributed by atoms with E-state index in [1.807, 2.05) is 0 Å². The molecule has 0 aromatic carbocycles. The molecule has 1 aliphatic heterocycles. The van der Waals surface area contributed by atoms with Crippen LogP contribution in [0.15, 0.2) is 48.6 Å². The molecule has 0 aromatic heterocycles. The normalized spacial score (nSPS) is 43.5. The fourth-order valence-corrected chi connectivity index (χ4v) is 30.6. The van der Waals surface area contributed by atoms with E-state index in [0.717, 1.165) is 42.8 Å². The van der Waals surface area contributed by atoms with Gasteiger partial charge in [0.05, 0.1) is 0 Å². The Hall–Kier alpha value is -0.157. The minimum atomic E-state index is -2.44. The topological polar surface area (TPSA) is 0 Å². The Morgan fingerprint density at radius 3 is 1.55 bits per heavy atom. The van der Waals surface area contributed by atoms with Crippen molar-refractivity contribution in [3.05, 3.63) is 48.6 Å². The van der Waals surface area contributed by atoms with Crippen LogP contribution in [0.4, 0.5) is 0 Å². The quantitative estimate of drug-likeness (QED) is 0.365. The molecule has 0 amide bonds. The molecule has 1 saturated heterocycles. The van der Waals surface area contributed by atoms with Gasteiger partial charge in [0.15, 0.2) is 0 Å². The van der Waals surface area contributed by atoms with Crippen LogP contribution in [0.25, 0.3) is 0 Å². The van der Waals surface area contributed by atoms with Gasteiger partial charge < -0.3 is 0 Å². The van der Waals surface area contributed by atoms with Crippen LogP contribution in [0.2, 0.25) is 15.5 Å². The number of hydrogen-bond acceptors (Lipinski definition) is 0. The molecule has 0 nitrogen and oxygen atoms in total. The first-order valence-electron chi connectivity index (χ1n) is 13.0. The first-order valence-corrected chi connectivity index (χ1v) is 19.3. The summed E-state index contributed by atoms with van der Waals surface area (Å²) in [6, 6.07) is 0. The van der Waals surface area contributed by atoms with Crippen LogP contribution in [-0.4, -0.2) is 0 Å². The van der Waals surface area contributed by atoms with Crippen molar-refractivity contribution in [3.8, 4) is 0 Å². The molecular formula is C28H42Zr. The van der Waals surface area contributed by atoms with Gasteiger partial charge in [0.2, 0.25) is 0 Å². The molecule has 1 heteroatoms. The van der Waals surface area contributed by atoms with Gasteiger partial charge in [-0.25, -0.2) is 0 Å². The molecule has 1 heterocycles. The zero-order valence-electron chi connectivity index (χ0n) is 18.8. The van der Waals surface area contributed by atoms with Crippen molar-refractivity contribution < 1.29 is 20.3 Å². The molecule has 3 fully saturated rings. The second-order valence-corrected chi connectivity index (χ2v) is 22.9. The Kier molecular flexibility index (Phi) is 6.27. The minimum absolute atomic E-state index is 0.880. The SMILES string of the molecule is CCC[CH2][Zr]1([CH2]CCC)[CH]2C(CCC3CC4C=CC=CC4[CH]31)CC1C=CC=CC12. The van der Waals surface area contributed by atoms with E-state index >= 15 is 0 Å². The van der Waals surface area contributed by atoms with Crippen LogP contribution in [-0.2, 0) is 20.3 Å². The summed E-state index contributed by atoms with van der Waals surface area (Å²) in [6.45, 7) is 4.90. The maximum absolute atomic E-state index is 2.70. The van der Waals surface area contributed by atoms with Crippen LogP contribution in [0.3, 0.4) is 0 Å². The summed E-state index contributed by atoms with van der Waals surface area (Å²) in [6.07, 6.45) is 32.2. The Morgan fingerprint density at radius 1 is 0.655 bits per heavy atom. The Balaban J connectivity index is 1.60. The molecule has 0 aromatic rings. The van der Waals surface area contributed by atoms with Gasteiger partial charge in [-0.2, -0.15) is 0 Å². The molecule has 5 rings (SSSR count). The van der Waals surface area contributed by atoms with Crippen LogP contribution < -0.4 is 0 Å². The van der Waals surface area contributed by atoms with Gasteiger partial charge in [0.25, 0.3) is 0 Å². The maximum atomic E-state index is 2.70. The fourth-order valence-electron chi connectivity index (χ4n) is 8.96. The molecule has 0 spiro atoms. The molecule has 5 aliphatic rings. The monoisotopic (exact) mass is 468 g/mol. The van der Waals surface area contributed by atoms with Gasteiger partial charge in [-0.1, -0.05) is 0 Å². The number of unbranched alkanes of at least 4 members (excludes halogenated alkanes) is 2. The summed E-state index contributed by atoms with van der Waals surface area (Å²) in [5.74, 6) is 5.71. The molecule has 0 N–H and O–H groups in total. The van der Waals surface area contributed by atoms with Crippen molar-refractivity contribution in [2.75, 3.05) is 0 Å². The van der Waals surface area contributed by atoms with Gasteiger partial charge >= 0.3 is 185 Å². The molecule has 8 unspecified atom stereocenters. The van der Waals surface area contributed by atoms with Crippen LogP contribution in [0.1, 0.15) is 65.2 Å². The van der Waals surface area contributed by atoms with Crippen molar-refractivity contribution >= 4 is 0 Å². The van der Waals surface area contributed by atoms with Crippen LogP contribution in [0.5, 0.6) is 0 Å². The third-order valence-electron chi connectivity index (χ3n) is 9.82. The van der Waals surface area contributed by atoms with Crippen LogP contribution >= 0.6 is 0 Å². The molecule has 158 valence electrons. The second kappa shape index (κ2) is 8.76. The van der Waals surface area contributed by atoms with Crippen molar-refractivity contribution in [1.29, 1.82) is 0 Å². The Labute approximate surface area is 184 Å². The van der Waals surface area contributed by atoms with Crippen LogP contribution in [0, 0.1) is 35.5 Å². The number of hydrogen-bond donors (Lipinski definition) is 0.